The Bertz CT molecular complexity index is 360. The summed E-state index contributed by atoms with van der Waals surface area (Å²) >= 11 is 0. The predicted molar refractivity (Wildman–Crippen MR) is 84.7 cm³/mol. The SMILES string of the molecule is CCCc1ccccc1C(CCC)C1CCCCC1. The van der Waals surface area contributed by atoms with Crippen LogP contribution in [0, 0.1) is 5.92 Å². The predicted octanol–water partition coefficient (Wildman–Crippen LogP) is 6.10. The Balaban J connectivity index is 2.21. The summed E-state index contributed by atoms with van der Waals surface area (Å²) in [4.78, 5) is 0. The smallest absolute Gasteiger partial charge is 0.0131 e. The van der Waals surface area contributed by atoms with Crippen LogP contribution in [0.5, 0.6) is 0 Å². The maximum absolute atomic E-state index is 2.42. The molecular weight excluding hydrogens is 228 g/mol. The molecule has 1 aliphatic rings. The lowest BCUT2D eigenvalue weighted by Crippen LogP contribution is -2.17. The highest BCUT2D eigenvalue weighted by atomic mass is 14.3. The topological polar surface area (TPSA) is 0 Å². The van der Waals surface area contributed by atoms with E-state index in [4.69, 9.17) is 0 Å². The molecule has 0 heterocycles. The van der Waals surface area contributed by atoms with Gasteiger partial charge < -0.3 is 0 Å². The fraction of sp³-hybridized carbons (Fsp3) is 0.684. The van der Waals surface area contributed by atoms with E-state index in [0.29, 0.717) is 0 Å². The Kier molecular flexibility index (Phi) is 5.94. The van der Waals surface area contributed by atoms with Crippen LogP contribution in [0.25, 0.3) is 0 Å². The first-order chi connectivity index (χ1) is 9.36. The third kappa shape index (κ3) is 3.84. The zero-order valence-electron chi connectivity index (χ0n) is 12.8. The molecule has 1 unspecified atom stereocenters. The number of aryl methyl sites for hydroxylation is 1. The first-order valence-electron chi connectivity index (χ1n) is 8.44. The van der Waals surface area contributed by atoms with Gasteiger partial charge in [-0.15, -0.1) is 0 Å². The monoisotopic (exact) mass is 258 g/mol. The fourth-order valence-electron chi connectivity index (χ4n) is 3.89. The van der Waals surface area contributed by atoms with E-state index in [1.54, 1.807) is 11.1 Å². The summed E-state index contributed by atoms with van der Waals surface area (Å²) in [6, 6.07) is 9.25. The van der Waals surface area contributed by atoms with Crippen LogP contribution in [0.15, 0.2) is 24.3 Å². The third-order valence-corrected chi connectivity index (χ3v) is 4.79. The molecule has 0 saturated heterocycles. The molecule has 1 aromatic rings. The van der Waals surface area contributed by atoms with Gasteiger partial charge in [-0.25, -0.2) is 0 Å². The van der Waals surface area contributed by atoms with Crippen molar-refractivity contribution in [2.45, 2.75) is 77.6 Å². The number of hydrogen-bond acceptors (Lipinski definition) is 0. The zero-order chi connectivity index (χ0) is 13.5. The van der Waals surface area contributed by atoms with E-state index in [9.17, 15) is 0 Å². The van der Waals surface area contributed by atoms with Gasteiger partial charge in [0, 0.05) is 0 Å². The summed E-state index contributed by atoms with van der Waals surface area (Å²) in [7, 11) is 0. The summed E-state index contributed by atoms with van der Waals surface area (Å²) < 4.78 is 0. The van der Waals surface area contributed by atoms with Crippen molar-refractivity contribution in [3.8, 4) is 0 Å². The van der Waals surface area contributed by atoms with Gasteiger partial charge in [-0.3, -0.25) is 0 Å². The largest absolute Gasteiger partial charge is 0.0654 e. The highest BCUT2D eigenvalue weighted by Crippen LogP contribution is 2.40. The minimum Gasteiger partial charge on any atom is -0.0654 e. The summed E-state index contributed by atoms with van der Waals surface area (Å²) in [5.74, 6) is 1.78. The molecule has 0 spiro atoms. The van der Waals surface area contributed by atoms with Crippen molar-refractivity contribution in [2.24, 2.45) is 5.92 Å². The lowest BCUT2D eigenvalue weighted by molar-refractivity contribution is 0.292. The van der Waals surface area contributed by atoms with Gasteiger partial charge in [0.1, 0.15) is 0 Å². The Morgan fingerprint density at radius 1 is 1.00 bits per heavy atom. The van der Waals surface area contributed by atoms with Crippen molar-refractivity contribution < 1.29 is 0 Å². The molecule has 0 heteroatoms. The lowest BCUT2D eigenvalue weighted by atomic mass is 9.73. The number of hydrogen-bond donors (Lipinski definition) is 0. The van der Waals surface area contributed by atoms with Gasteiger partial charge in [0.15, 0.2) is 0 Å². The fourth-order valence-corrected chi connectivity index (χ4v) is 3.89. The second-order valence-corrected chi connectivity index (χ2v) is 6.24. The van der Waals surface area contributed by atoms with Crippen LogP contribution >= 0.6 is 0 Å². The molecule has 0 radical (unpaired) electrons. The van der Waals surface area contributed by atoms with Gasteiger partial charge in [-0.1, -0.05) is 70.2 Å². The lowest BCUT2D eigenvalue weighted by Gasteiger charge is -2.32. The van der Waals surface area contributed by atoms with E-state index in [1.165, 1.54) is 57.8 Å². The molecule has 0 aliphatic heterocycles. The molecule has 1 fully saturated rings. The second-order valence-electron chi connectivity index (χ2n) is 6.24. The van der Waals surface area contributed by atoms with Crippen LogP contribution in [0.3, 0.4) is 0 Å². The van der Waals surface area contributed by atoms with Gasteiger partial charge in [0.2, 0.25) is 0 Å². The van der Waals surface area contributed by atoms with Crippen molar-refractivity contribution in [1.82, 2.24) is 0 Å². The van der Waals surface area contributed by atoms with Gasteiger partial charge in [-0.05, 0) is 48.6 Å². The van der Waals surface area contributed by atoms with Crippen molar-refractivity contribution >= 4 is 0 Å². The maximum Gasteiger partial charge on any atom is -0.0131 e. The van der Waals surface area contributed by atoms with E-state index in [2.05, 4.69) is 38.1 Å². The van der Waals surface area contributed by atoms with Crippen LogP contribution in [-0.4, -0.2) is 0 Å². The molecule has 2 rings (SSSR count). The molecule has 1 atom stereocenters. The van der Waals surface area contributed by atoms with E-state index in [-0.39, 0.29) is 0 Å². The Hall–Kier alpha value is -0.780. The van der Waals surface area contributed by atoms with Crippen LogP contribution in [0.4, 0.5) is 0 Å². The van der Waals surface area contributed by atoms with E-state index in [0.717, 1.165) is 11.8 Å². The first-order valence-corrected chi connectivity index (χ1v) is 8.44. The summed E-state index contributed by atoms with van der Waals surface area (Å²) in [6.07, 6.45) is 12.5. The minimum absolute atomic E-state index is 0.827. The summed E-state index contributed by atoms with van der Waals surface area (Å²) in [6.45, 7) is 4.64. The average Bonchev–Trinajstić information content (AvgIpc) is 2.47. The highest BCUT2D eigenvalue weighted by molar-refractivity contribution is 5.31. The standard InChI is InChI=1S/C19H30/c1-3-10-16-14-8-9-15-19(16)18(11-4-2)17-12-6-5-7-13-17/h8-9,14-15,17-18H,3-7,10-13H2,1-2H3. The van der Waals surface area contributed by atoms with Gasteiger partial charge in [0.05, 0.1) is 0 Å². The Morgan fingerprint density at radius 3 is 2.42 bits per heavy atom. The van der Waals surface area contributed by atoms with Crippen molar-refractivity contribution in [3.63, 3.8) is 0 Å². The van der Waals surface area contributed by atoms with Gasteiger partial charge in [0.25, 0.3) is 0 Å². The van der Waals surface area contributed by atoms with Crippen molar-refractivity contribution in [2.75, 3.05) is 0 Å². The molecule has 106 valence electrons. The number of rotatable bonds is 6. The minimum atomic E-state index is 0.827. The molecule has 1 aromatic carbocycles. The quantitative estimate of drug-likeness (QED) is 0.578. The van der Waals surface area contributed by atoms with Crippen molar-refractivity contribution in [3.05, 3.63) is 35.4 Å². The van der Waals surface area contributed by atoms with Crippen molar-refractivity contribution in [1.29, 1.82) is 0 Å². The highest BCUT2D eigenvalue weighted by Gasteiger charge is 2.25. The zero-order valence-corrected chi connectivity index (χ0v) is 12.8. The average molecular weight is 258 g/mol. The molecule has 0 amide bonds. The molecule has 0 nitrogen and oxygen atoms in total. The molecule has 1 saturated carbocycles. The summed E-state index contributed by atoms with van der Waals surface area (Å²) in [5, 5.41) is 0. The molecule has 19 heavy (non-hydrogen) atoms. The van der Waals surface area contributed by atoms with E-state index < -0.39 is 0 Å². The second kappa shape index (κ2) is 7.72. The molecule has 1 aliphatic carbocycles. The van der Waals surface area contributed by atoms with Crippen LogP contribution < -0.4 is 0 Å². The van der Waals surface area contributed by atoms with Crippen LogP contribution in [0.1, 0.15) is 82.3 Å². The third-order valence-electron chi connectivity index (χ3n) is 4.79. The van der Waals surface area contributed by atoms with E-state index >= 15 is 0 Å². The summed E-state index contributed by atoms with van der Waals surface area (Å²) in [5.41, 5.74) is 3.30. The normalized spacial score (nSPS) is 18.4. The van der Waals surface area contributed by atoms with E-state index in [1.807, 2.05) is 0 Å². The molecule has 0 bridgehead atoms. The van der Waals surface area contributed by atoms with Crippen LogP contribution in [0.2, 0.25) is 0 Å². The van der Waals surface area contributed by atoms with Gasteiger partial charge in [-0.2, -0.15) is 0 Å². The Labute approximate surface area is 119 Å². The first kappa shape index (κ1) is 14.6. The van der Waals surface area contributed by atoms with Crippen LogP contribution in [-0.2, 0) is 6.42 Å². The number of benzene rings is 1. The molecule has 0 aromatic heterocycles. The van der Waals surface area contributed by atoms with Gasteiger partial charge >= 0.3 is 0 Å². The maximum atomic E-state index is 2.42. The molecular formula is C19H30. The molecule has 0 N–H and O–H groups in total. The Morgan fingerprint density at radius 2 is 1.74 bits per heavy atom.